The molecule has 1 aliphatic carbocycles. The monoisotopic (exact) mass is 527 g/mol. The number of nitrogens with two attached hydrogens (primary N) is 1. The van der Waals surface area contributed by atoms with Crippen molar-refractivity contribution in [2.24, 2.45) is 23.5 Å². The molecule has 0 saturated heterocycles. The summed E-state index contributed by atoms with van der Waals surface area (Å²) in [6.07, 6.45) is 18.8. The Morgan fingerprint density at radius 3 is 2.55 bits per heavy atom. The van der Waals surface area contributed by atoms with Gasteiger partial charge in [-0.3, -0.25) is 19.4 Å². The quantitative estimate of drug-likeness (QED) is 0.169. The summed E-state index contributed by atoms with van der Waals surface area (Å²) in [5.74, 6) is 0.369. The lowest BCUT2D eigenvalue weighted by molar-refractivity contribution is -0.123. The van der Waals surface area contributed by atoms with Crippen LogP contribution < -0.4 is 21.7 Å². The van der Waals surface area contributed by atoms with Gasteiger partial charge in [-0.2, -0.15) is 0 Å². The molecule has 1 aromatic heterocycles. The second kappa shape index (κ2) is 18.5. The third-order valence-electron chi connectivity index (χ3n) is 7.20. The summed E-state index contributed by atoms with van der Waals surface area (Å²) >= 11 is 0. The summed E-state index contributed by atoms with van der Waals surface area (Å²) in [5.41, 5.74) is 6.06. The van der Waals surface area contributed by atoms with Gasteiger partial charge < -0.3 is 21.7 Å². The van der Waals surface area contributed by atoms with E-state index in [1.807, 2.05) is 6.08 Å². The SMILES string of the molecule is CC(C)C[C@H](/C=C/CNC(=O)[C@H](CCCCNC(=O)c1cccnc1)NCCCC1CCCCC1)C(N)=O. The first-order valence-corrected chi connectivity index (χ1v) is 14.5. The number of hydrogen-bond donors (Lipinski definition) is 4. The van der Waals surface area contributed by atoms with Crippen LogP contribution in [0.25, 0.3) is 0 Å². The molecule has 3 amide bonds. The minimum absolute atomic E-state index is 0.0359. The summed E-state index contributed by atoms with van der Waals surface area (Å²) in [6.45, 7) is 5.85. The molecule has 38 heavy (non-hydrogen) atoms. The number of aromatic nitrogens is 1. The molecule has 2 atom stereocenters. The second-order valence-electron chi connectivity index (χ2n) is 11.0. The van der Waals surface area contributed by atoms with Crippen LogP contribution in [0.15, 0.2) is 36.7 Å². The molecule has 1 fully saturated rings. The van der Waals surface area contributed by atoms with Crippen molar-refractivity contribution in [1.29, 1.82) is 0 Å². The van der Waals surface area contributed by atoms with Crippen molar-refractivity contribution in [2.75, 3.05) is 19.6 Å². The van der Waals surface area contributed by atoms with E-state index in [1.54, 1.807) is 30.6 Å². The lowest BCUT2D eigenvalue weighted by Crippen LogP contribution is -2.44. The fourth-order valence-corrected chi connectivity index (χ4v) is 5.06. The highest BCUT2D eigenvalue weighted by Gasteiger charge is 2.18. The van der Waals surface area contributed by atoms with E-state index in [0.717, 1.165) is 31.7 Å². The molecule has 0 bridgehead atoms. The molecule has 8 heteroatoms. The number of primary amides is 1. The van der Waals surface area contributed by atoms with Gasteiger partial charge in [0.15, 0.2) is 0 Å². The maximum absolute atomic E-state index is 13.0. The Balaban J connectivity index is 1.78. The van der Waals surface area contributed by atoms with Crippen molar-refractivity contribution in [3.63, 3.8) is 0 Å². The molecule has 0 radical (unpaired) electrons. The standard InChI is InChI=1S/C30H49N5O3/c1-23(2)21-25(28(31)36)14-10-20-35-30(38)27(33-19-8-13-24-11-4-3-5-12-24)16-6-7-18-34-29(37)26-15-9-17-32-22-26/h9-10,14-15,17,22-25,27,33H,3-8,11-13,16,18-21H2,1-2H3,(H2,31,36)(H,34,37)(H,35,38)/b14-10+/t25-,27-/m0/s1. The number of hydrogen-bond acceptors (Lipinski definition) is 5. The van der Waals surface area contributed by atoms with E-state index < -0.39 is 0 Å². The molecule has 0 unspecified atom stereocenters. The maximum atomic E-state index is 13.0. The van der Waals surface area contributed by atoms with Crippen molar-refractivity contribution in [1.82, 2.24) is 20.9 Å². The Morgan fingerprint density at radius 1 is 1.08 bits per heavy atom. The van der Waals surface area contributed by atoms with Crippen LogP contribution in [0.3, 0.4) is 0 Å². The summed E-state index contributed by atoms with van der Waals surface area (Å²) in [5, 5.41) is 9.38. The molecule has 212 valence electrons. The van der Waals surface area contributed by atoms with Crippen LogP contribution in [0.2, 0.25) is 0 Å². The Hall–Kier alpha value is -2.74. The fourth-order valence-electron chi connectivity index (χ4n) is 5.06. The van der Waals surface area contributed by atoms with Crippen LogP contribution >= 0.6 is 0 Å². The van der Waals surface area contributed by atoms with Crippen molar-refractivity contribution < 1.29 is 14.4 Å². The van der Waals surface area contributed by atoms with Crippen LogP contribution in [-0.4, -0.2) is 48.4 Å². The molecule has 8 nitrogen and oxygen atoms in total. The molecule has 0 aliphatic heterocycles. The van der Waals surface area contributed by atoms with E-state index in [4.69, 9.17) is 5.73 Å². The number of nitrogens with zero attached hydrogens (tertiary/aromatic N) is 1. The number of carbonyl (C=O) groups excluding carboxylic acids is 3. The van der Waals surface area contributed by atoms with E-state index in [9.17, 15) is 14.4 Å². The van der Waals surface area contributed by atoms with Gasteiger partial charge in [-0.15, -0.1) is 0 Å². The Bertz CT molecular complexity index is 853. The number of amides is 3. The first kappa shape index (κ1) is 31.5. The molecule has 2 rings (SSSR count). The van der Waals surface area contributed by atoms with Crippen molar-refractivity contribution in [3.8, 4) is 0 Å². The maximum Gasteiger partial charge on any atom is 0.252 e. The van der Waals surface area contributed by atoms with E-state index in [-0.39, 0.29) is 29.7 Å². The number of nitrogens with one attached hydrogen (secondary N) is 3. The van der Waals surface area contributed by atoms with E-state index in [1.165, 1.54) is 38.5 Å². The predicted octanol–water partition coefficient (Wildman–Crippen LogP) is 4.12. The topological polar surface area (TPSA) is 126 Å². The lowest BCUT2D eigenvalue weighted by atomic mass is 9.86. The van der Waals surface area contributed by atoms with Gasteiger partial charge in [0.2, 0.25) is 11.8 Å². The number of unbranched alkanes of at least 4 members (excludes halogenated alkanes) is 1. The summed E-state index contributed by atoms with van der Waals surface area (Å²) in [7, 11) is 0. The first-order chi connectivity index (χ1) is 18.4. The highest BCUT2D eigenvalue weighted by atomic mass is 16.2. The molecule has 0 spiro atoms. The average molecular weight is 528 g/mol. The van der Waals surface area contributed by atoms with E-state index in [0.29, 0.717) is 37.4 Å². The number of rotatable bonds is 18. The van der Waals surface area contributed by atoms with Crippen molar-refractivity contribution >= 4 is 17.7 Å². The molecule has 1 aromatic rings. The Kier molecular flexibility index (Phi) is 15.3. The van der Waals surface area contributed by atoms with Gasteiger partial charge in [-0.1, -0.05) is 58.1 Å². The first-order valence-electron chi connectivity index (χ1n) is 14.5. The van der Waals surface area contributed by atoms with Gasteiger partial charge in [0.05, 0.1) is 17.5 Å². The van der Waals surface area contributed by atoms with Crippen molar-refractivity contribution in [3.05, 3.63) is 42.2 Å². The smallest absolute Gasteiger partial charge is 0.252 e. The Labute approximate surface area is 229 Å². The number of carbonyl (C=O) groups is 3. The molecule has 0 aromatic carbocycles. The molecule has 1 saturated carbocycles. The van der Waals surface area contributed by atoms with Gasteiger partial charge in [0.25, 0.3) is 5.91 Å². The van der Waals surface area contributed by atoms with Crippen LogP contribution in [0.5, 0.6) is 0 Å². The average Bonchev–Trinajstić information content (AvgIpc) is 2.91. The Morgan fingerprint density at radius 2 is 1.87 bits per heavy atom. The molecule has 1 heterocycles. The van der Waals surface area contributed by atoms with Crippen LogP contribution in [-0.2, 0) is 9.59 Å². The normalized spacial score (nSPS) is 15.9. The van der Waals surface area contributed by atoms with Crippen LogP contribution in [0.1, 0.15) is 94.8 Å². The molecular formula is C30H49N5O3. The molecule has 5 N–H and O–H groups in total. The zero-order valence-electron chi connectivity index (χ0n) is 23.4. The predicted molar refractivity (Wildman–Crippen MR) is 152 cm³/mol. The van der Waals surface area contributed by atoms with Crippen molar-refractivity contribution in [2.45, 2.75) is 90.5 Å². The summed E-state index contributed by atoms with van der Waals surface area (Å²) < 4.78 is 0. The van der Waals surface area contributed by atoms with Gasteiger partial charge >= 0.3 is 0 Å². The minimum Gasteiger partial charge on any atom is -0.369 e. The largest absolute Gasteiger partial charge is 0.369 e. The fraction of sp³-hybridized carbons (Fsp3) is 0.667. The van der Waals surface area contributed by atoms with E-state index >= 15 is 0 Å². The van der Waals surface area contributed by atoms with Gasteiger partial charge in [0.1, 0.15) is 0 Å². The second-order valence-corrected chi connectivity index (χ2v) is 11.0. The third-order valence-corrected chi connectivity index (χ3v) is 7.20. The minimum atomic E-state index is -0.339. The van der Waals surface area contributed by atoms with Crippen LogP contribution in [0.4, 0.5) is 0 Å². The third kappa shape index (κ3) is 13.2. The van der Waals surface area contributed by atoms with E-state index in [2.05, 4.69) is 34.8 Å². The zero-order chi connectivity index (χ0) is 27.6. The zero-order valence-corrected chi connectivity index (χ0v) is 23.4. The van der Waals surface area contributed by atoms with Gasteiger partial charge in [-0.25, -0.2) is 0 Å². The highest BCUT2D eigenvalue weighted by Crippen LogP contribution is 2.27. The summed E-state index contributed by atoms with van der Waals surface area (Å²) in [6, 6.07) is 3.19. The highest BCUT2D eigenvalue weighted by molar-refractivity contribution is 5.93. The van der Waals surface area contributed by atoms with Gasteiger partial charge in [-0.05, 0) is 69.0 Å². The lowest BCUT2D eigenvalue weighted by Gasteiger charge is -2.22. The molecular weight excluding hydrogens is 478 g/mol. The van der Waals surface area contributed by atoms with Gasteiger partial charge in [0, 0.05) is 25.5 Å². The van der Waals surface area contributed by atoms with Crippen LogP contribution in [0, 0.1) is 17.8 Å². The number of pyridine rings is 1. The molecule has 1 aliphatic rings. The summed E-state index contributed by atoms with van der Waals surface area (Å²) in [4.78, 5) is 40.8.